The standard InChI is InChI=1S/C12H20N4O4S/c1-9-4-2-3-5-16(9)21(19,20)15-11(12(17)18)6-10-7-13-8-14-10/h7-9,11,15H,2-6H2,1H3,(H,13,14)(H,17,18)/t9?,11-/m1/s1. The third-order valence-electron chi connectivity index (χ3n) is 3.62. The van der Waals surface area contributed by atoms with Gasteiger partial charge in [-0.3, -0.25) is 4.79 Å². The van der Waals surface area contributed by atoms with Gasteiger partial charge >= 0.3 is 5.97 Å². The van der Waals surface area contributed by atoms with Crippen LogP contribution in [0.1, 0.15) is 31.9 Å². The van der Waals surface area contributed by atoms with Crippen molar-refractivity contribution < 1.29 is 18.3 Å². The average molecular weight is 316 g/mol. The highest BCUT2D eigenvalue weighted by atomic mass is 32.2. The Hall–Kier alpha value is -1.45. The van der Waals surface area contributed by atoms with Gasteiger partial charge in [-0.2, -0.15) is 17.4 Å². The van der Waals surface area contributed by atoms with Crippen LogP contribution in [-0.4, -0.2) is 52.4 Å². The minimum Gasteiger partial charge on any atom is -0.480 e. The van der Waals surface area contributed by atoms with Crippen LogP contribution in [-0.2, 0) is 21.4 Å². The summed E-state index contributed by atoms with van der Waals surface area (Å²) >= 11 is 0. The molecule has 1 aliphatic heterocycles. The van der Waals surface area contributed by atoms with E-state index < -0.39 is 22.2 Å². The van der Waals surface area contributed by atoms with Crippen molar-refractivity contribution in [2.24, 2.45) is 0 Å². The second kappa shape index (κ2) is 6.54. The lowest BCUT2D eigenvalue weighted by Gasteiger charge is -2.33. The van der Waals surface area contributed by atoms with Gasteiger partial charge in [0.2, 0.25) is 0 Å². The summed E-state index contributed by atoms with van der Waals surface area (Å²) in [5.41, 5.74) is 0.566. The van der Waals surface area contributed by atoms with Crippen LogP contribution < -0.4 is 4.72 Å². The van der Waals surface area contributed by atoms with Crippen LogP contribution >= 0.6 is 0 Å². The number of rotatable bonds is 6. The number of carbonyl (C=O) groups is 1. The van der Waals surface area contributed by atoms with Gasteiger partial charge in [-0.1, -0.05) is 6.42 Å². The topological polar surface area (TPSA) is 115 Å². The number of carboxylic acids is 1. The van der Waals surface area contributed by atoms with Crippen molar-refractivity contribution in [1.82, 2.24) is 19.0 Å². The first-order chi connectivity index (χ1) is 9.90. The number of H-pyrrole nitrogens is 1. The van der Waals surface area contributed by atoms with Gasteiger partial charge in [0.15, 0.2) is 0 Å². The van der Waals surface area contributed by atoms with Crippen LogP contribution in [0.25, 0.3) is 0 Å². The van der Waals surface area contributed by atoms with Gasteiger partial charge in [0.25, 0.3) is 10.2 Å². The molecule has 0 aliphatic carbocycles. The molecule has 1 aliphatic rings. The quantitative estimate of drug-likeness (QED) is 0.689. The molecule has 9 heteroatoms. The number of aromatic amines is 1. The van der Waals surface area contributed by atoms with Gasteiger partial charge in [-0.15, -0.1) is 0 Å². The fourth-order valence-corrected chi connectivity index (χ4v) is 4.10. The van der Waals surface area contributed by atoms with E-state index in [-0.39, 0.29) is 12.5 Å². The number of piperidine rings is 1. The molecule has 21 heavy (non-hydrogen) atoms. The average Bonchev–Trinajstić information content (AvgIpc) is 2.91. The Labute approximate surface area is 123 Å². The molecule has 0 aromatic carbocycles. The van der Waals surface area contributed by atoms with Crippen molar-refractivity contribution in [3.05, 3.63) is 18.2 Å². The summed E-state index contributed by atoms with van der Waals surface area (Å²) in [5.74, 6) is -1.21. The maximum absolute atomic E-state index is 12.4. The summed E-state index contributed by atoms with van der Waals surface area (Å²) in [4.78, 5) is 17.9. The third kappa shape index (κ3) is 4.02. The van der Waals surface area contributed by atoms with Gasteiger partial charge in [0.1, 0.15) is 6.04 Å². The van der Waals surface area contributed by atoms with Crippen LogP contribution in [0.15, 0.2) is 12.5 Å². The summed E-state index contributed by atoms with van der Waals surface area (Å²) in [5, 5.41) is 9.22. The highest BCUT2D eigenvalue weighted by Crippen LogP contribution is 2.19. The second-order valence-corrected chi connectivity index (χ2v) is 6.91. The van der Waals surface area contributed by atoms with E-state index in [9.17, 15) is 18.3 Å². The molecule has 0 amide bonds. The zero-order chi connectivity index (χ0) is 15.5. The summed E-state index contributed by atoms with van der Waals surface area (Å²) < 4.78 is 28.4. The fourth-order valence-electron chi connectivity index (χ4n) is 2.47. The van der Waals surface area contributed by atoms with E-state index in [1.807, 2.05) is 6.92 Å². The van der Waals surface area contributed by atoms with Crippen LogP contribution in [0.2, 0.25) is 0 Å². The van der Waals surface area contributed by atoms with Gasteiger partial charge in [0, 0.05) is 30.9 Å². The van der Waals surface area contributed by atoms with E-state index in [0.29, 0.717) is 12.2 Å². The number of hydrogen-bond acceptors (Lipinski definition) is 4. The molecule has 2 heterocycles. The molecule has 1 aromatic heterocycles. The van der Waals surface area contributed by atoms with Crippen molar-refractivity contribution in [3.63, 3.8) is 0 Å². The number of nitrogens with zero attached hydrogens (tertiary/aromatic N) is 2. The molecular formula is C12H20N4O4S. The number of aliphatic carboxylic acids is 1. The highest BCUT2D eigenvalue weighted by molar-refractivity contribution is 7.87. The Morgan fingerprint density at radius 2 is 2.38 bits per heavy atom. The number of aromatic nitrogens is 2. The fraction of sp³-hybridized carbons (Fsp3) is 0.667. The van der Waals surface area contributed by atoms with Crippen LogP contribution in [0.5, 0.6) is 0 Å². The molecular weight excluding hydrogens is 296 g/mol. The predicted octanol–water partition coefficient (Wildman–Crippen LogP) is 0.114. The van der Waals surface area contributed by atoms with Crippen molar-refractivity contribution in [2.45, 2.75) is 44.7 Å². The Balaban J connectivity index is 2.09. The first-order valence-electron chi connectivity index (χ1n) is 6.89. The number of nitrogens with one attached hydrogen (secondary N) is 2. The normalized spacial score (nSPS) is 22.0. The van der Waals surface area contributed by atoms with Crippen molar-refractivity contribution in [3.8, 4) is 0 Å². The molecule has 118 valence electrons. The van der Waals surface area contributed by atoms with Crippen molar-refractivity contribution in [1.29, 1.82) is 0 Å². The van der Waals surface area contributed by atoms with Crippen molar-refractivity contribution in [2.75, 3.05) is 6.54 Å². The summed E-state index contributed by atoms with van der Waals surface area (Å²) in [6.45, 7) is 2.26. The monoisotopic (exact) mass is 316 g/mol. The first-order valence-corrected chi connectivity index (χ1v) is 8.33. The largest absolute Gasteiger partial charge is 0.480 e. The molecule has 1 saturated heterocycles. The SMILES string of the molecule is CC1CCCCN1S(=O)(=O)N[C@H](Cc1cnc[nH]1)C(=O)O. The lowest BCUT2D eigenvalue weighted by atomic mass is 10.1. The molecule has 0 bridgehead atoms. The predicted molar refractivity (Wildman–Crippen MR) is 75.8 cm³/mol. The smallest absolute Gasteiger partial charge is 0.322 e. The first kappa shape index (κ1) is 15.9. The molecule has 3 N–H and O–H groups in total. The van der Waals surface area contributed by atoms with E-state index in [0.717, 1.165) is 19.3 Å². The number of carboxylic acid groups (broad SMARTS) is 1. The van der Waals surface area contributed by atoms with E-state index in [2.05, 4.69) is 14.7 Å². The Morgan fingerprint density at radius 3 is 2.95 bits per heavy atom. The molecule has 1 aromatic rings. The summed E-state index contributed by atoms with van der Waals surface area (Å²) in [6, 6.07) is -1.33. The van der Waals surface area contributed by atoms with Crippen molar-refractivity contribution >= 4 is 16.2 Å². The van der Waals surface area contributed by atoms with E-state index in [1.54, 1.807) is 0 Å². The van der Waals surface area contributed by atoms with Crippen LogP contribution in [0.4, 0.5) is 0 Å². The zero-order valence-electron chi connectivity index (χ0n) is 11.8. The van der Waals surface area contributed by atoms with Gasteiger partial charge < -0.3 is 10.1 Å². The maximum atomic E-state index is 12.4. The van der Waals surface area contributed by atoms with Gasteiger partial charge in [-0.25, -0.2) is 4.98 Å². The molecule has 2 atom stereocenters. The molecule has 0 spiro atoms. The molecule has 8 nitrogen and oxygen atoms in total. The summed E-state index contributed by atoms with van der Waals surface area (Å²) in [6.07, 6.45) is 5.51. The lowest BCUT2D eigenvalue weighted by Crippen LogP contribution is -2.53. The Morgan fingerprint density at radius 1 is 1.62 bits per heavy atom. The molecule has 0 radical (unpaired) electrons. The highest BCUT2D eigenvalue weighted by Gasteiger charge is 2.33. The lowest BCUT2D eigenvalue weighted by molar-refractivity contribution is -0.139. The minimum absolute atomic E-state index is 0.0246. The number of hydrogen-bond donors (Lipinski definition) is 3. The zero-order valence-corrected chi connectivity index (χ0v) is 12.6. The Kier molecular flexibility index (Phi) is 4.96. The molecule has 1 unspecified atom stereocenters. The van der Waals surface area contributed by atoms with E-state index in [4.69, 9.17) is 0 Å². The third-order valence-corrected chi connectivity index (χ3v) is 5.36. The minimum atomic E-state index is -3.81. The second-order valence-electron chi connectivity index (χ2n) is 5.25. The molecule has 1 fully saturated rings. The number of imidazole rings is 1. The van der Waals surface area contributed by atoms with Gasteiger partial charge in [-0.05, 0) is 19.8 Å². The Bertz CT molecular complexity index is 572. The van der Waals surface area contributed by atoms with Gasteiger partial charge in [0.05, 0.1) is 6.33 Å². The van der Waals surface area contributed by atoms with E-state index >= 15 is 0 Å². The van der Waals surface area contributed by atoms with E-state index in [1.165, 1.54) is 16.8 Å². The summed E-state index contributed by atoms with van der Waals surface area (Å²) in [7, 11) is -3.81. The molecule has 0 saturated carbocycles. The maximum Gasteiger partial charge on any atom is 0.322 e. The van der Waals surface area contributed by atoms with Crippen LogP contribution in [0.3, 0.4) is 0 Å². The van der Waals surface area contributed by atoms with Crippen LogP contribution in [0, 0.1) is 0 Å². The molecule has 2 rings (SSSR count).